The molecule has 8 heteroatoms. The van der Waals surface area contributed by atoms with E-state index in [1.807, 2.05) is 0 Å². The van der Waals surface area contributed by atoms with E-state index in [0.29, 0.717) is 30.0 Å². The smallest absolute Gasteiger partial charge is 0.283 e. The molecule has 0 aliphatic carbocycles. The van der Waals surface area contributed by atoms with Crippen molar-refractivity contribution in [2.45, 2.75) is 32.4 Å². The van der Waals surface area contributed by atoms with Crippen LogP contribution in [-0.2, 0) is 9.53 Å². The van der Waals surface area contributed by atoms with Crippen molar-refractivity contribution in [1.82, 2.24) is 24.5 Å². The number of amides is 1. The van der Waals surface area contributed by atoms with Crippen LogP contribution in [0.1, 0.15) is 32.1 Å². The molecule has 2 atom stereocenters. The molecule has 0 radical (unpaired) electrons. The van der Waals surface area contributed by atoms with E-state index in [1.54, 1.807) is 43.9 Å². The number of hydrogen-bond acceptors (Lipinski definition) is 5. The van der Waals surface area contributed by atoms with Gasteiger partial charge in [0, 0.05) is 32.5 Å². The van der Waals surface area contributed by atoms with Crippen LogP contribution < -0.4 is 0 Å². The molecule has 23 heavy (non-hydrogen) atoms. The maximum Gasteiger partial charge on any atom is 0.283 e. The Morgan fingerprint density at radius 3 is 2.87 bits per heavy atom. The highest BCUT2D eigenvalue weighted by Crippen LogP contribution is 2.34. The van der Waals surface area contributed by atoms with Gasteiger partial charge < -0.3 is 9.64 Å². The third-order valence-corrected chi connectivity index (χ3v) is 4.02. The first-order valence-corrected chi connectivity index (χ1v) is 7.34. The van der Waals surface area contributed by atoms with Crippen molar-refractivity contribution in [3.05, 3.63) is 35.8 Å². The highest BCUT2D eigenvalue weighted by Gasteiger charge is 2.40. The molecule has 0 unspecified atom stereocenters. The standard InChI is InChI=1S/C15H18FN5O2/c1-9(2)13(16)15(22)21-8-10(23-3)6-11(21)14-19-18-12-7-17-4-5-20(12)14/h4-5,7,10-11H,6,8H2,1-3H3/t10-,11+/m1/s1. The Morgan fingerprint density at radius 1 is 1.39 bits per heavy atom. The van der Waals surface area contributed by atoms with E-state index in [2.05, 4.69) is 15.2 Å². The molecule has 0 N–H and O–H groups in total. The molecule has 1 saturated heterocycles. The molecular weight excluding hydrogens is 301 g/mol. The molecule has 1 aliphatic rings. The van der Waals surface area contributed by atoms with Crippen LogP contribution in [0.4, 0.5) is 4.39 Å². The van der Waals surface area contributed by atoms with E-state index >= 15 is 0 Å². The second-order valence-corrected chi connectivity index (χ2v) is 5.74. The minimum absolute atomic E-state index is 0.164. The summed E-state index contributed by atoms with van der Waals surface area (Å²) in [5.74, 6) is -0.792. The second kappa shape index (κ2) is 6.04. The van der Waals surface area contributed by atoms with Gasteiger partial charge in [0.25, 0.3) is 5.91 Å². The number of halogens is 1. The van der Waals surface area contributed by atoms with Gasteiger partial charge in [0.2, 0.25) is 0 Å². The lowest BCUT2D eigenvalue weighted by atomic mass is 10.2. The maximum atomic E-state index is 14.1. The van der Waals surface area contributed by atoms with Crippen molar-refractivity contribution in [2.75, 3.05) is 13.7 Å². The highest BCUT2D eigenvalue weighted by molar-refractivity contribution is 5.92. The zero-order valence-electron chi connectivity index (χ0n) is 13.2. The normalized spacial score (nSPS) is 21.0. The predicted molar refractivity (Wildman–Crippen MR) is 80.1 cm³/mol. The van der Waals surface area contributed by atoms with Crippen molar-refractivity contribution in [3.63, 3.8) is 0 Å². The van der Waals surface area contributed by atoms with Gasteiger partial charge in [0.15, 0.2) is 17.3 Å². The van der Waals surface area contributed by atoms with E-state index in [4.69, 9.17) is 4.74 Å². The van der Waals surface area contributed by atoms with E-state index in [1.165, 1.54) is 4.90 Å². The van der Waals surface area contributed by atoms with Crippen molar-refractivity contribution in [3.8, 4) is 0 Å². The SMILES string of the molecule is CO[C@@H]1C[C@@H](c2nnc3cnccn23)N(C(=O)C(F)=C(C)C)C1. The highest BCUT2D eigenvalue weighted by atomic mass is 19.1. The van der Waals surface area contributed by atoms with Crippen LogP contribution >= 0.6 is 0 Å². The van der Waals surface area contributed by atoms with Crippen LogP contribution in [0, 0.1) is 0 Å². The quantitative estimate of drug-likeness (QED) is 0.805. The van der Waals surface area contributed by atoms with Crippen LogP contribution in [-0.4, -0.2) is 50.1 Å². The third-order valence-electron chi connectivity index (χ3n) is 4.02. The van der Waals surface area contributed by atoms with E-state index in [9.17, 15) is 9.18 Å². The number of methoxy groups -OCH3 is 1. The monoisotopic (exact) mass is 319 g/mol. The topological polar surface area (TPSA) is 72.6 Å². The Morgan fingerprint density at radius 2 is 2.17 bits per heavy atom. The first kappa shape index (κ1) is 15.5. The van der Waals surface area contributed by atoms with Gasteiger partial charge in [0.05, 0.1) is 18.3 Å². The number of likely N-dealkylation sites (tertiary alicyclic amines) is 1. The lowest BCUT2D eigenvalue weighted by Crippen LogP contribution is -2.33. The molecule has 7 nitrogen and oxygen atoms in total. The molecule has 2 aromatic rings. The van der Waals surface area contributed by atoms with Crippen molar-refractivity contribution < 1.29 is 13.9 Å². The van der Waals surface area contributed by atoms with Gasteiger partial charge >= 0.3 is 0 Å². The molecule has 1 amide bonds. The van der Waals surface area contributed by atoms with Crippen LogP contribution in [0.25, 0.3) is 5.65 Å². The summed E-state index contributed by atoms with van der Waals surface area (Å²) in [4.78, 5) is 17.9. The average molecular weight is 319 g/mol. The molecular formula is C15H18FN5O2. The number of carbonyl (C=O) groups excluding carboxylic acids is 1. The zero-order valence-corrected chi connectivity index (χ0v) is 13.2. The summed E-state index contributed by atoms with van der Waals surface area (Å²) in [7, 11) is 1.58. The molecule has 3 rings (SSSR count). The number of carbonyl (C=O) groups is 1. The van der Waals surface area contributed by atoms with Gasteiger partial charge in [-0.2, -0.15) is 0 Å². The number of fused-ring (bicyclic) bond motifs is 1. The molecule has 0 aromatic carbocycles. The van der Waals surface area contributed by atoms with E-state index in [0.717, 1.165) is 0 Å². The molecule has 1 aliphatic heterocycles. The Bertz CT molecular complexity index is 768. The number of ether oxygens (including phenoxy) is 1. The van der Waals surface area contributed by atoms with E-state index < -0.39 is 17.8 Å². The summed E-state index contributed by atoms with van der Waals surface area (Å²) in [6, 6.07) is -0.394. The van der Waals surface area contributed by atoms with Crippen LogP contribution in [0.5, 0.6) is 0 Å². The van der Waals surface area contributed by atoms with E-state index in [-0.39, 0.29) is 6.10 Å². The Balaban J connectivity index is 2.01. The minimum Gasteiger partial charge on any atom is -0.380 e. The minimum atomic E-state index is -0.734. The van der Waals surface area contributed by atoms with Crippen LogP contribution in [0.3, 0.4) is 0 Å². The van der Waals surface area contributed by atoms with Gasteiger partial charge in [-0.25, -0.2) is 4.39 Å². The maximum absolute atomic E-state index is 14.1. The Hall–Kier alpha value is -2.35. The van der Waals surface area contributed by atoms with Crippen molar-refractivity contribution in [1.29, 1.82) is 0 Å². The summed E-state index contributed by atoms with van der Waals surface area (Å²) in [5, 5.41) is 8.22. The van der Waals surface area contributed by atoms with Gasteiger partial charge in [-0.05, 0) is 19.4 Å². The number of nitrogens with zero attached hydrogens (tertiary/aromatic N) is 5. The molecule has 122 valence electrons. The molecule has 3 heterocycles. The average Bonchev–Trinajstić information content (AvgIpc) is 3.16. The first-order valence-electron chi connectivity index (χ1n) is 7.34. The van der Waals surface area contributed by atoms with Crippen LogP contribution in [0.2, 0.25) is 0 Å². The van der Waals surface area contributed by atoms with Crippen molar-refractivity contribution >= 4 is 11.6 Å². The summed E-state index contributed by atoms with van der Waals surface area (Å²) in [5.41, 5.74) is 0.934. The fraction of sp³-hybridized carbons (Fsp3) is 0.467. The fourth-order valence-corrected chi connectivity index (χ4v) is 2.78. The first-order chi connectivity index (χ1) is 11.0. The number of allylic oxidation sites excluding steroid dienone is 1. The zero-order chi connectivity index (χ0) is 16.6. The fourth-order valence-electron chi connectivity index (χ4n) is 2.78. The molecule has 0 bridgehead atoms. The van der Waals surface area contributed by atoms with Gasteiger partial charge in [0.1, 0.15) is 0 Å². The Labute approximate surface area is 132 Å². The summed E-state index contributed by atoms with van der Waals surface area (Å²) >= 11 is 0. The summed E-state index contributed by atoms with van der Waals surface area (Å²) < 4.78 is 21.3. The van der Waals surface area contributed by atoms with Gasteiger partial charge in [-0.3, -0.25) is 14.2 Å². The number of rotatable bonds is 3. The summed E-state index contributed by atoms with van der Waals surface area (Å²) in [6.45, 7) is 3.47. The summed E-state index contributed by atoms with van der Waals surface area (Å²) in [6.07, 6.45) is 5.31. The predicted octanol–water partition coefficient (Wildman–Crippen LogP) is 1.68. The van der Waals surface area contributed by atoms with Crippen molar-refractivity contribution in [2.24, 2.45) is 0 Å². The second-order valence-electron chi connectivity index (χ2n) is 5.74. The number of hydrogen-bond donors (Lipinski definition) is 0. The molecule has 2 aromatic heterocycles. The van der Waals surface area contributed by atoms with Gasteiger partial charge in [-0.15, -0.1) is 10.2 Å². The molecule has 1 fully saturated rings. The number of aromatic nitrogens is 4. The largest absolute Gasteiger partial charge is 0.380 e. The van der Waals surface area contributed by atoms with Crippen LogP contribution in [0.15, 0.2) is 30.0 Å². The Kier molecular flexibility index (Phi) is 4.08. The molecule has 0 saturated carbocycles. The lowest BCUT2D eigenvalue weighted by Gasteiger charge is -2.22. The van der Waals surface area contributed by atoms with Gasteiger partial charge in [-0.1, -0.05) is 0 Å². The third kappa shape index (κ3) is 2.70. The molecule has 0 spiro atoms. The lowest BCUT2D eigenvalue weighted by molar-refractivity contribution is -0.130.